The van der Waals surface area contributed by atoms with Crippen molar-refractivity contribution in [3.8, 4) is 11.6 Å². The number of hydrogen-bond acceptors (Lipinski definition) is 3. The van der Waals surface area contributed by atoms with E-state index in [1.165, 1.54) is 11.8 Å². The van der Waals surface area contributed by atoms with Crippen molar-refractivity contribution in [3.63, 3.8) is 0 Å². The molecule has 2 aromatic rings. The zero-order chi connectivity index (χ0) is 12.1. The van der Waals surface area contributed by atoms with Crippen LogP contribution in [0.5, 0.6) is 11.6 Å². The summed E-state index contributed by atoms with van der Waals surface area (Å²) < 4.78 is 5.59. The number of hydrogen-bond donors (Lipinski definition) is 0. The van der Waals surface area contributed by atoms with Gasteiger partial charge < -0.3 is 4.74 Å². The third-order valence-corrected chi connectivity index (χ3v) is 2.42. The molecule has 0 unspecified atom stereocenters. The normalized spacial score (nSPS) is 9.94. The Labute approximate surface area is 100 Å². The van der Waals surface area contributed by atoms with Gasteiger partial charge in [-0.1, -0.05) is 19.1 Å². The Morgan fingerprint density at radius 3 is 2.82 bits per heavy atom. The maximum absolute atomic E-state index is 10.5. The van der Waals surface area contributed by atoms with E-state index in [-0.39, 0.29) is 0 Å². The predicted octanol–water partition coefficient (Wildman–Crippen LogP) is 3.25. The van der Waals surface area contributed by atoms with E-state index in [9.17, 15) is 4.79 Å². The van der Waals surface area contributed by atoms with Crippen molar-refractivity contribution in [1.29, 1.82) is 0 Å². The van der Waals surface area contributed by atoms with E-state index in [1.807, 2.05) is 18.2 Å². The highest BCUT2D eigenvalue weighted by atomic mass is 16.5. The van der Waals surface area contributed by atoms with Crippen molar-refractivity contribution in [2.75, 3.05) is 0 Å². The molecule has 0 radical (unpaired) electrons. The lowest BCUT2D eigenvalue weighted by Gasteiger charge is -2.05. The quantitative estimate of drug-likeness (QED) is 0.752. The van der Waals surface area contributed by atoms with Gasteiger partial charge in [0.15, 0.2) is 6.29 Å². The molecule has 3 nitrogen and oxygen atoms in total. The topological polar surface area (TPSA) is 39.2 Å². The Morgan fingerprint density at radius 1 is 1.29 bits per heavy atom. The lowest BCUT2D eigenvalue weighted by Crippen LogP contribution is -1.90. The third-order valence-electron chi connectivity index (χ3n) is 2.42. The molecule has 0 saturated carbocycles. The number of carbonyl (C=O) groups is 1. The second kappa shape index (κ2) is 5.25. The summed E-state index contributed by atoms with van der Waals surface area (Å²) in [6.45, 7) is 2.09. The van der Waals surface area contributed by atoms with Gasteiger partial charge in [-0.3, -0.25) is 4.79 Å². The summed E-state index contributed by atoms with van der Waals surface area (Å²) in [6, 6.07) is 11.2. The van der Waals surface area contributed by atoms with Crippen molar-refractivity contribution in [1.82, 2.24) is 4.98 Å². The summed E-state index contributed by atoms with van der Waals surface area (Å²) in [4.78, 5) is 14.5. The second-order valence-corrected chi connectivity index (χ2v) is 3.65. The monoisotopic (exact) mass is 227 g/mol. The second-order valence-electron chi connectivity index (χ2n) is 3.65. The van der Waals surface area contributed by atoms with Crippen LogP contribution >= 0.6 is 0 Å². The first-order chi connectivity index (χ1) is 8.31. The fourth-order valence-electron chi connectivity index (χ4n) is 1.47. The van der Waals surface area contributed by atoms with E-state index in [0.717, 1.165) is 18.5 Å². The number of rotatable bonds is 4. The molecule has 1 aromatic carbocycles. The Bertz CT molecular complexity index is 506. The molecule has 17 heavy (non-hydrogen) atoms. The first-order valence-electron chi connectivity index (χ1n) is 5.50. The number of ether oxygens (including phenoxy) is 1. The fourth-order valence-corrected chi connectivity index (χ4v) is 1.47. The SMILES string of the molecule is CCc1cccc(Oc2ccc(C=O)cn2)c1. The van der Waals surface area contributed by atoms with Gasteiger partial charge in [0.25, 0.3) is 0 Å². The molecule has 0 bridgehead atoms. The van der Waals surface area contributed by atoms with Crippen LogP contribution in [0.15, 0.2) is 42.6 Å². The number of pyridine rings is 1. The van der Waals surface area contributed by atoms with Crippen molar-refractivity contribution in [2.45, 2.75) is 13.3 Å². The zero-order valence-corrected chi connectivity index (χ0v) is 9.59. The van der Waals surface area contributed by atoms with Gasteiger partial charge >= 0.3 is 0 Å². The summed E-state index contributed by atoms with van der Waals surface area (Å²) in [6.07, 6.45) is 3.22. The molecule has 0 aliphatic heterocycles. The van der Waals surface area contributed by atoms with Gasteiger partial charge in [-0.05, 0) is 30.2 Å². The Morgan fingerprint density at radius 2 is 2.18 bits per heavy atom. The molecule has 0 spiro atoms. The first kappa shape index (κ1) is 11.3. The van der Waals surface area contributed by atoms with Crippen LogP contribution in [0, 0.1) is 0 Å². The molecule has 0 aliphatic rings. The maximum Gasteiger partial charge on any atom is 0.219 e. The number of aldehydes is 1. The van der Waals surface area contributed by atoms with E-state index in [0.29, 0.717) is 11.4 Å². The van der Waals surface area contributed by atoms with Gasteiger partial charge in [-0.15, -0.1) is 0 Å². The van der Waals surface area contributed by atoms with Gasteiger partial charge in [0.05, 0.1) is 0 Å². The number of carbonyl (C=O) groups excluding carboxylic acids is 1. The largest absolute Gasteiger partial charge is 0.439 e. The van der Waals surface area contributed by atoms with E-state index in [1.54, 1.807) is 12.1 Å². The fraction of sp³-hybridized carbons (Fsp3) is 0.143. The van der Waals surface area contributed by atoms with Crippen molar-refractivity contribution in [3.05, 3.63) is 53.7 Å². The first-order valence-corrected chi connectivity index (χ1v) is 5.50. The Hall–Kier alpha value is -2.16. The van der Waals surface area contributed by atoms with Gasteiger partial charge in [-0.2, -0.15) is 0 Å². The van der Waals surface area contributed by atoms with Crippen LogP contribution in [-0.4, -0.2) is 11.3 Å². The van der Waals surface area contributed by atoms with Gasteiger partial charge in [0.2, 0.25) is 5.88 Å². The molecule has 0 amide bonds. The molecule has 0 saturated heterocycles. The predicted molar refractivity (Wildman–Crippen MR) is 65.5 cm³/mol. The minimum Gasteiger partial charge on any atom is -0.439 e. The highest BCUT2D eigenvalue weighted by Crippen LogP contribution is 2.20. The zero-order valence-electron chi connectivity index (χ0n) is 9.59. The van der Waals surface area contributed by atoms with Crippen LogP contribution in [0.4, 0.5) is 0 Å². The molecule has 3 heteroatoms. The van der Waals surface area contributed by atoms with Crippen LogP contribution in [-0.2, 0) is 6.42 Å². The molecular weight excluding hydrogens is 214 g/mol. The van der Waals surface area contributed by atoms with Crippen LogP contribution in [0.25, 0.3) is 0 Å². The van der Waals surface area contributed by atoms with Crippen molar-refractivity contribution < 1.29 is 9.53 Å². The number of nitrogens with zero attached hydrogens (tertiary/aromatic N) is 1. The summed E-state index contributed by atoms with van der Waals surface area (Å²) in [5, 5.41) is 0. The third kappa shape index (κ3) is 2.91. The average molecular weight is 227 g/mol. The molecule has 0 fully saturated rings. The smallest absolute Gasteiger partial charge is 0.219 e. The minimum absolute atomic E-state index is 0.490. The van der Waals surface area contributed by atoms with Crippen LogP contribution in [0.2, 0.25) is 0 Å². The molecule has 1 heterocycles. The molecule has 0 aliphatic carbocycles. The number of aryl methyl sites for hydroxylation is 1. The lowest BCUT2D eigenvalue weighted by molar-refractivity contribution is 0.112. The Balaban J connectivity index is 2.15. The summed E-state index contributed by atoms with van der Waals surface area (Å²) in [5.74, 6) is 1.25. The molecule has 1 aromatic heterocycles. The van der Waals surface area contributed by atoms with E-state index < -0.39 is 0 Å². The van der Waals surface area contributed by atoms with Crippen molar-refractivity contribution >= 4 is 6.29 Å². The molecule has 2 rings (SSSR count). The molecule has 0 atom stereocenters. The maximum atomic E-state index is 10.5. The lowest BCUT2D eigenvalue weighted by atomic mass is 10.2. The van der Waals surface area contributed by atoms with Crippen LogP contribution < -0.4 is 4.74 Å². The van der Waals surface area contributed by atoms with Crippen LogP contribution in [0.3, 0.4) is 0 Å². The molecule has 0 N–H and O–H groups in total. The van der Waals surface area contributed by atoms with Gasteiger partial charge in [-0.25, -0.2) is 4.98 Å². The summed E-state index contributed by atoms with van der Waals surface area (Å²) in [7, 11) is 0. The number of benzene rings is 1. The Kier molecular flexibility index (Phi) is 3.50. The van der Waals surface area contributed by atoms with E-state index in [2.05, 4.69) is 18.0 Å². The van der Waals surface area contributed by atoms with Gasteiger partial charge in [0, 0.05) is 17.8 Å². The highest BCUT2D eigenvalue weighted by molar-refractivity contribution is 5.74. The summed E-state index contributed by atoms with van der Waals surface area (Å²) >= 11 is 0. The molecular formula is C14H13NO2. The number of aromatic nitrogens is 1. The minimum atomic E-state index is 0.490. The van der Waals surface area contributed by atoms with Crippen LogP contribution in [0.1, 0.15) is 22.8 Å². The van der Waals surface area contributed by atoms with E-state index in [4.69, 9.17) is 4.74 Å². The average Bonchev–Trinajstić information content (AvgIpc) is 2.40. The molecule has 86 valence electrons. The van der Waals surface area contributed by atoms with Gasteiger partial charge in [0.1, 0.15) is 5.75 Å². The summed E-state index contributed by atoms with van der Waals surface area (Å²) in [5.41, 5.74) is 1.76. The highest BCUT2D eigenvalue weighted by Gasteiger charge is 1.99. The van der Waals surface area contributed by atoms with E-state index >= 15 is 0 Å². The van der Waals surface area contributed by atoms with Crippen molar-refractivity contribution in [2.24, 2.45) is 0 Å². The standard InChI is InChI=1S/C14H13NO2/c1-2-11-4-3-5-13(8-11)17-14-7-6-12(10-16)9-15-14/h3-10H,2H2,1H3.